The van der Waals surface area contributed by atoms with Gasteiger partial charge in [0.05, 0.1) is 29.8 Å². The van der Waals surface area contributed by atoms with E-state index in [1.807, 2.05) is 30.3 Å². The van der Waals surface area contributed by atoms with E-state index in [4.69, 9.17) is 9.47 Å². The highest BCUT2D eigenvalue weighted by molar-refractivity contribution is 6.01. The van der Waals surface area contributed by atoms with Crippen LogP contribution in [0.25, 0.3) is 0 Å². The van der Waals surface area contributed by atoms with Crippen molar-refractivity contribution in [1.29, 1.82) is 0 Å². The number of carbonyl (C=O) groups is 3. The van der Waals surface area contributed by atoms with Gasteiger partial charge >= 0.3 is 0 Å². The zero-order chi connectivity index (χ0) is 25.4. The number of fused-ring (bicyclic) bond motifs is 1. The smallest absolute Gasteiger partial charge is 0.270 e. The first-order valence-electron chi connectivity index (χ1n) is 11.2. The number of amides is 3. The van der Waals surface area contributed by atoms with Crippen LogP contribution in [-0.2, 0) is 20.9 Å². The number of rotatable bonds is 5. The number of hydrogen-bond donors (Lipinski definition) is 3. The highest BCUT2D eigenvalue weighted by atomic mass is 16.6. The molecule has 3 rings (SSSR count). The third kappa shape index (κ3) is 7.00. The van der Waals surface area contributed by atoms with Crippen LogP contribution in [0.5, 0.6) is 5.75 Å². The maximum absolute atomic E-state index is 13.2. The van der Waals surface area contributed by atoms with E-state index >= 15 is 0 Å². The van der Waals surface area contributed by atoms with Crippen LogP contribution in [0, 0.1) is 10.1 Å². The monoisotopic (exact) mass is 484 g/mol. The summed E-state index contributed by atoms with van der Waals surface area (Å²) in [6.45, 7) is 3.78. The quantitative estimate of drug-likeness (QED) is 0.432. The molecule has 0 aliphatic carbocycles. The number of nitro benzene ring substituents is 1. The normalized spacial score (nSPS) is 20.2. The van der Waals surface area contributed by atoms with Gasteiger partial charge in [0.15, 0.2) is 0 Å². The molecule has 1 aliphatic heterocycles. The van der Waals surface area contributed by atoms with E-state index in [-0.39, 0.29) is 42.7 Å². The summed E-state index contributed by atoms with van der Waals surface area (Å²) in [5, 5.41) is 19.2. The first-order valence-corrected chi connectivity index (χ1v) is 11.2. The average molecular weight is 485 g/mol. The lowest BCUT2D eigenvalue weighted by Gasteiger charge is -2.27. The Morgan fingerprint density at radius 3 is 2.57 bits per heavy atom. The molecule has 0 radical (unpaired) electrons. The lowest BCUT2D eigenvalue weighted by atomic mass is 10.1. The number of nitro groups is 1. The first kappa shape index (κ1) is 25.6. The third-order valence-electron chi connectivity index (χ3n) is 5.44. The maximum Gasteiger partial charge on any atom is 0.270 e. The van der Waals surface area contributed by atoms with Crippen LogP contribution in [0.4, 0.5) is 5.69 Å². The zero-order valence-corrected chi connectivity index (χ0v) is 19.5. The van der Waals surface area contributed by atoms with E-state index in [0.717, 1.165) is 11.6 Å². The second kappa shape index (κ2) is 11.9. The number of benzene rings is 2. The minimum absolute atomic E-state index is 0.0820. The van der Waals surface area contributed by atoms with Gasteiger partial charge in [-0.05, 0) is 31.9 Å². The van der Waals surface area contributed by atoms with Gasteiger partial charge in [0.1, 0.15) is 17.8 Å². The fourth-order valence-corrected chi connectivity index (χ4v) is 3.44. The molecule has 0 saturated carbocycles. The molecule has 0 spiro atoms. The minimum Gasteiger partial charge on any atom is -0.493 e. The van der Waals surface area contributed by atoms with Crippen molar-refractivity contribution in [1.82, 2.24) is 16.0 Å². The number of nitrogens with zero attached hydrogens (tertiary/aromatic N) is 1. The Hall–Kier alpha value is -3.99. The number of hydrogen-bond acceptors (Lipinski definition) is 7. The molecule has 3 N–H and O–H groups in total. The largest absolute Gasteiger partial charge is 0.493 e. The van der Waals surface area contributed by atoms with Crippen molar-refractivity contribution in [3.05, 3.63) is 69.8 Å². The third-order valence-corrected chi connectivity index (χ3v) is 5.44. The van der Waals surface area contributed by atoms with Crippen molar-refractivity contribution in [3.63, 3.8) is 0 Å². The van der Waals surface area contributed by atoms with E-state index in [2.05, 4.69) is 16.0 Å². The lowest BCUT2D eigenvalue weighted by molar-refractivity contribution is -0.384. The number of nitrogens with one attached hydrogen (secondary N) is 3. The van der Waals surface area contributed by atoms with Gasteiger partial charge in [-0.25, -0.2) is 0 Å². The molecule has 0 unspecified atom stereocenters. The molecular weight excluding hydrogens is 456 g/mol. The Morgan fingerprint density at radius 2 is 1.86 bits per heavy atom. The topological polar surface area (TPSA) is 149 Å². The van der Waals surface area contributed by atoms with Gasteiger partial charge < -0.3 is 25.4 Å². The predicted molar refractivity (Wildman–Crippen MR) is 126 cm³/mol. The molecular formula is C24H28N4O7. The summed E-state index contributed by atoms with van der Waals surface area (Å²) >= 11 is 0. The average Bonchev–Trinajstić information content (AvgIpc) is 2.85. The Kier molecular flexibility index (Phi) is 8.74. The molecule has 35 heavy (non-hydrogen) atoms. The summed E-state index contributed by atoms with van der Waals surface area (Å²) in [5.74, 6) is -1.63. The standard InChI is InChI=1S/C24H28N4O7/c1-15-22(29)25-11-6-12-34-20-10-9-18(28(32)33)13-19(20)23(30)27-21(24(31)26-15)16(2)35-14-17-7-4-3-5-8-17/h3-5,7-10,13,15-16,21H,6,11-12,14H2,1-2H3,(H,25,29)(H,26,31)(H,27,30)/t15-,16+,21-/m0/s1. The fraction of sp³-hybridized carbons (Fsp3) is 0.375. The van der Waals surface area contributed by atoms with Gasteiger partial charge in [0, 0.05) is 18.7 Å². The summed E-state index contributed by atoms with van der Waals surface area (Å²) in [6.07, 6.45) is -0.373. The van der Waals surface area contributed by atoms with Gasteiger partial charge in [0.25, 0.3) is 11.6 Å². The first-order chi connectivity index (χ1) is 16.8. The van der Waals surface area contributed by atoms with Crippen LogP contribution >= 0.6 is 0 Å². The second-order valence-electron chi connectivity index (χ2n) is 8.11. The highest BCUT2D eigenvalue weighted by Gasteiger charge is 2.31. The van der Waals surface area contributed by atoms with Gasteiger partial charge in [-0.2, -0.15) is 0 Å². The molecule has 11 nitrogen and oxygen atoms in total. The fourth-order valence-electron chi connectivity index (χ4n) is 3.44. The molecule has 3 amide bonds. The number of non-ortho nitro benzene ring substituents is 1. The molecule has 0 bridgehead atoms. The van der Waals surface area contributed by atoms with Gasteiger partial charge in [-0.15, -0.1) is 0 Å². The van der Waals surface area contributed by atoms with Crippen LogP contribution in [-0.4, -0.2) is 54.0 Å². The predicted octanol–water partition coefficient (Wildman–Crippen LogP) is 1.70. The van der Waals surface area contributed by atoms with Crippen molar-refractivity contribution in [2.24, 2.45) is 0 Å². The van der Waals surface area contributed by atoms with Gasteiger partial charge in [-0.1, -0.05) is 30.3 Å². The molecule has 2 aromatic carbocycles. The molecule has 0 aromatic heterocycles. The molecule has 11 heteroatoms. The van der Waals surface area contributed by atoms with Crippen molar-refractivity contribution in [3.8, 4) is 5.75 Å². The van der Waals surface area contributed by atoms with Crippen LogP contribution in [0.3, 0.4) is 0 Å². The van der Waals surface area contributed by atoms with Crippen molar-refractivity contribution in [2.75, 3.05) is 13.2 Å². The molecule has 3 atom stereocenters. The van der Waals surface area contributed by atoms with E-state index in [1.54, 1.807) is 6.92 Å². The SMILES string of the molecule is C[C@@H]1NC(=O)[C@H]([C@@H](C)OCc2ccccc2)NC(=O)c2cc([N+](=O)[O-])ccc2OCCCNC1=O. The zero-order valence-electron chi connectivity index (χ0n) is 19.5. The van der Waals surface area contributed by atoms with Crippen molar-refractivity contribution in [2.45, 2.75) is 45.1 Å². The van der Waals surface area contributed by atoms with E-state index in [0.29, 0.717) is 6.42 Å². The van der Waals surface area contributed by atoms with Crippen molar-refractivity contribution >= 4 is 23.4 Å². The highest BCUT2D eigenvalue weighted by Crippen LogP contribution is 2.25. The molecule has 1 heterocycles. The summed E-state index contributed by atoms with van der Waals surface area (Å²) < 4.78 is 11.5. The number of ether oxygens (including phenoxy) is 2. The van der Waals surface area contributed by atoms with Crippen LogP contribution in [0.15, 0.2) is 48.5 Å². The summed E-state index contributed by atoms with van der Waals surface area (Å²) in [7, 11) is 0. The summed E-state index contributed by atoms with van der Waals surface area (Å²) in [5.41, 5.74) is 0.495. The van der Waals surface area contributed by atoms with Crippen LogP contribution < -0.4 is 20.7 Å². The Bertz CT molecular complexity index is 1080. The summed E-state index contributed by atoms with van der Waals surface area (Å²) in [4.78, 5) is 49.3. The van der Waals surface area contributed by atoms with Gasteiger partial charge in [0.2, 0.25) is 11.8 Å². The Morgan fingerprint density at radius 1 is 1.11 bits per heavy atom. The van der Waals surface area contributed by atoms with Crippen LogP contribution in [0.1, 0.15) is 36.2 Å². The second-order valence-corrected chi connectivity index (χ2v) is 8.11. The van der Waals surface area contributed by atoms with Gasteiger partial charge in [-0.3, -0.25) is 24.5 Å². The minimum atomic E-state index is -1.20. The maximum atomic E-state index is 13.2. The molecule has 0 saturated heterocycles. The van der Waals surface area contributed by atoms with E-state index in [9.17, 15) is 24.5 Å². The lowest BCUT2D eigenvalue weighted by Crippen LogP contribution is -2.57. The Labute approximate surface area is 202 Å². The van der Waals surface area contributed by atoms with E-state index < -0.39 is 34.9 Å². The van der Waals surface area contributed by atoms with Crippen LogP contribution in [0.2, 0.25) is 0 Å². The molecule has 186 valence electrons. The van der Waals surface area contributed by atoms with Crippen molar-refractivity contribution < 1.29 is 28.8 Å². The molecule has 2 aromatic rings. The summed E-state index contributed by atoms with van der Waals surface area (Å²) in [6, 6.07) is 10.9. The molecule has 1 aliphatic rings. The number of carbonyl (C=O) groups excluding carboxylic acids is 3. The van der Waals surface area contributed by atoms with E-state index in [1.165, 1.54) is 19.1 Å². The Balaban J connectivity index is 1.90. The molecule has 0 fully saturated rings.